The van der Waals surface area contributed by atoms with E-state index < -0.39 is 18.1 Å². The van der Waals surface area contributed by atoms with Crippen molar-refractivity contribution in [3.63, 3.8) is 0 Å². The number of anilines is 1. The number of imide groups is 1. The van der Waals surface area contributed by atoms with E-state index in [1.54, 1.807) is 18.2 Å². The van der Waals surface area contributed by atoms with Crippen LogP contribution in [0.15, 0.2) is 18.2 Å². The van der Waals surface area contributed by atoms with Crippen molar-refractivity contribution in [2.45, 2.75) is 12.0 Å². The molecule has 1 aromatic carbocycles. The molecule has 0 saturated carbocycles. The molecule has 1 saturated heterocycles. The fraction of sp³-hybridized carbons (Fsp3) is 0.273. The second-order valence-corrected chi connectivity index (χ2v) is 4.07. The summed E-state index contributed by atoms with van der Waals surface area (Å²) in [6.45, 7) is 0.504. The van der Waals surface area contributed by atoms with Gasteiger partial charge in [0.15, 0.2) is 6.10 Å². The van der Waals surface area contributed by atoms with E-state index in [0.717, 1.165) is 11.3 Å². The minimum Gasteiger partial charge on any atom is -0.508 e. The fourth-order valence-electron chi connectivity index (χ4n) is 2.26. The highest BCUT2D eigenvalue weighted by molar-refractivity contribution is 6.00. The number of fused-ring (bicyclic) bond motifs is 1. The maximum absolute atomic E-state index is 11.5. The Kier molecular flexibility index (Phi) is 1.98. The first kappa shape index (κ1) is 9.95. The van der Waals surface area contributed by atoms with Gasteiger partial charge in [-0.2, -0.15) is 0 Å². The number of amides is 2. The Hall–Kier alpha value is -2.24. The van der Waals surface area contributed by atoms with Crippen LogP contribution in [0.25, 0.3) is 0 Å². The zero-order chi connectivity index (χ0) is 12.0. The summed E-state index contributed by atoms with van der Waals surface area (Å²) in [6.07, 6.45) is -1.49. The number of rotatable bonds is 1. The zero-order valence-corrected chi connectivity index (χ0v) is 8.77. The molecule has 0 spiro atoms. The highest BCUT2D eigenvalue weighted by Gasteiger charge is 2.42. The minimum atomic E-state index is -0.791. The lowest BCUT2D eigenvalue weighted by Crippen LogP contribution is -2.30. The normalized spacial score (nSPS) is 26.1. The van der Waals surface area contributed by atoms with Crippen molar-refractivity contribution in [2.75, 3.05) is 11.9 Å². The van der Waals surface area contributed by atoms with Crippen molar-refractivity contribution in [1.82, 2.24) is 5.32 Å². The number of nitrogens with one attached hydrogen (secondary N) is 2. The van der Waals surface area contributed by atoms with E-state index in [-0.39, 0.29) is 11.7 Å². The number of ether oxygens (including phenoxy) is 1. The van der Waals surface area contributed by atoms with E-state index >= 15 is 0 Å². The van der Waals surface area contributed by atoms with Gasteiger partial charge in [-0.1, -0.05) is 6.07 Å². The van der Waals surface area contributed by atoms with Crippen LogP contribution in [-0.4, -0.2) is 29.8 Å². The summed E-state index contributed by atoms with van der Waals surface area (Å²) in [7, 11) is 0. The van der Waals surface area contributed by atoms with Crippen LogP contribution in [0.3, 0.4) is 0 Å². The molecule has 2 amide bonds. The number of hydrogen-bond acceptors (Lipinski definition) is 5. The maximum atomic E-state index is 11.5. The molecule has 3 rings (SSSR count). The molecular formula is C11H10N2O4. The Morgan fingerprint density at radius 1 is 1.35 bits per heavy atom. The average Bonchev–Trinajstić information content (AvgIpc) is 2.81. The number of carbonyl (C=O) groups is 2. The highest BCUT2D eigenvalue weighted by Crippen LogP contribution is 2.37. The van der Waals surface area contributed by atoms with Gasteiger partial charge in [0.2, 0.25) is 0 Å². The van der Waals surface area contributed by atoms with Gasteiger partial charge < -0.3 is 15.2 Å². The summed E-state index contributed by atoms with van der Waals surface area (Å²) in [5.41, 5.74) is 1.64. The molecule has 0 aromatic heterocycles. The third kappa shape index (κ3) is 1.49. The summed E-state index contributed by atoms with van der Waals surface area (Å²) in [5, 5.41) is 14.5. The van der Waals surface area contributed by atoms with E-state index in [9.17, 15) is 14.7 Å². The molecule has 88 valence electrons. The molecular weight excluding hydrogens is 224 g/mol. The van der Waals surface area contributed by atoms with Crippen molar-refractivity contribution in [3.8, 4) is 5.75 Å². The lowest BCUT2D eigenvalue weighted by molar-refractivity contribution is -0.124. The fourth-order valence-corrected chi connectivity index (χ4v) is 2.26. The molecule has 0 radical (unpaired) electrons. The minimum absolute atomic E-state index is 0.157. The quantitative estimate of drug-likeness (QED) is 0.660. The van der Waals surface area contributed by atoms with E-state index in [0.29, 0.717) is 6.54 Å². The molecule has 2 aliphatic heterocycles. The van der Waals surface area contributed by atoms with Crippen molar-refractivity contribution in [2.24, 2.45) is 0 Å². The zero-order valence-electron chi connectivity index (χ0n) is 8.77. The van der Waals surface area contributed by atoms with Crippen LogP contribution in [0.1, 0.15) is 11.5 Å². The molecule has 0 bridgehead atoms. The number of cyclic esters (lactones) is 1. The highest BCUT2D eigenvalue weighted by atomic mass is 16.6. The maximum Gasteiger partial charge on any atom is 0.414 e. The smallest absolute Gasteiger partial charge is 0.414 e. The predicted octanol–water partition coefficient (Wildman–Crippen LogP) is 0.536. The van der Waals surface area contributed by atoms with Crippen LogP contribution in [0, 0.1) is 0 Å². The van der Waals surface area contributed by atoms with Crippen LogP contribution < -0.4 is 10.6 Å². The van der Waals surface area contributed by atoms with Crippen molar-refractivity contribution < 1.29 is 19.4 Å². The van der Waals surface area contributed by atoms with Gasteiger partial charge in [-0.3, -0.25) is 10.1 Å². The SMILES string of the molecule is O=C1NC(=O)C(C2CNc3cc(O)ccc32)O1. The van der Waals surface area contributed by atoms with Crippen molar-refractivity contribution >= 4 is 17.7 Å². The predicted molar refractivity (Wildman–Crippen MR) is 57.7 cm³/mol. The van der Waals surface area contributed by atoms with Gasteiger partial charge in [0, 0.05) is 24.2 Å². The van der Waals surface area contributed by atoms with Crippen LogP contribution in [0.5, 0.6) is 5.75 Å². The topological polar surface area (TPSA) is 87.7 Å². The molecule has 6 nitrogen and oxygen atoms in total. The van der Waals surface area contributed by atoms with E-state index in [1.807, 2.05) is 0 Å². The third-order valence-corrected chi connectivity index (χ3v) is 3.03. The van der Waals surface area contributed by atoms with Gasteiger partial charge in [0.05, 0.1) is 0 Å². The number of phenols is 1. The van der Waals surface area contributed by atoms with E-state index in [4.69, 9.17) is 4.74 Å². The molecule has 3 N–H and O–H groups in total. The van der Waals surface area contributed by atoms with Gasteiger partial charge in [-0.25, -0.2) is 4.79 Å². The van der Waals surface area contributed by atoms with Crippen LogP contribution >= 0.6 is 0 Å². The summed E-state index contributed by atoms with van der Waals surface area (Å²) < 4.78 is 4.94. The molecule has 6 heteroatoms. The summed E-state index contributed by atoms with van der Waals surface area (Å²) >= 11 is 0. The lowest BCUT2D eigenvalue weighted by atomic mass is 9.95. The van der Waals surface area contributed by atoms with Crippen molar-refractivity contribution in [3.05, 3.63) is 23.8 Å². The molecule has 2 unspecified atom stereocenters. The summed E-state index contributed by atoms with van der Waals surface area (Å²) in [6, 6.07) is 4.87. The third-order valence-electron chi connectivity index (χ3n) is 3.03. The van der Waals surface area contributed by atoms with Crippen LogP contribution in [0.4, 0.5) is 10.5 Å². The number of carbonyl (C=O) groups excluding carboxylic acids is 2. The Labute approximate surface area is 96.6 Å². The van der Waals surface area contributed by atoms with Gasteiger partial charge in [-0.05, 0) is 11.6 Å². The summed E-state index contributed by atoms with van der Waals surface area (Å²) in [4.78, 5) is 22.5. The molecule has 1 fully saturated rings. The Balaban J connectivity index is 1.93. The molecule has 1 aromatic rings. The van der Waals surface area contributed by atoms with Gasteiger partial charge in [0.1, 0.15) is 5.75 Å². The number of benzene rings is 1. The van der Waals surface area contributed by atoms with Crippen LogP contribution in [0.2, 0.25) is 0 Å². The van der Waals surface area contributed by atoms with E-state index in [1.165, 1.54) is 0 Å². The average molecular weight is 234 g/mol. The van der Waals surface area contributed by atoms with Crippen LogP contribution in [-0.2, 0) is 9.53 Å². The van der Waals surface area contributed by atoms with Gasteiger partial charge in [0.25, 0.3) is 5.91 Å². The Morgan fingerprint density at radius 3 is 2.88 bits per heavy atom. The number of alkyl carbamates (subject to hydrolysis) is 1. The van der Waals surface area contributed by atoms with Gasteiger partial charge >= 0.3 is 6.09 Å². The molecule has 17 heavy (non-hydrogen) atoms. The number of phenolic OH excluding ortho intramolecular Hbond substituents is 1. The Morgan fingerprint density at radius 2 is 2.18 bits per heavy atom. The lowest BCUT2D eigenvalue weighted by Gasteiger charge is -2.14. The summed E-state index contributed by atoms with van der Waals surface area (Å²) in [5.74, 6) is -0.468. The monoisotopic (exact) mass is 234 g/mol. The molecule has 0 aliphatic carbocycles. The molecule has 2 aliphatic rings. The number of hydrogen-bond donors (Lipinski definition) is 3. The first-order valence-electron chi connectivity index (χ1n) is 5.23. The molecule has 2 atom stereocenters. The van der Waals surface area contributed by atoms with Gasteiger partial charge in [-0.15, -0.1) is 0 Å². The standard InChI is InChI=1S/C11H10N2O4/c14-5-1-2-6-7(4-12-8(6)3-5)9-10(15)13-11(16)17-9/h1-3,7,9,12,14H,4H2,(H,13,15,16). The number of aromatic hydroxyl groups is 1. The largest absolute Gasteiger partial charge is 0.508 e. The second-order valence-electron chi connectivity index (χ2n) is 4.07. The second kappa shape index (κ2) is 3.38. The molecule has 2 heterocycles. The van der Waals surface area contributed by atoms with Crippen molar-refractivity contribution in [1.29, 1.82) is 0 Å². The van der Waals surface area contributed by atoms with E-state index in [2.05, 4.69) is 10.6 Å². The first-order chi connectivity index (χ1) is 8.15. The Bertz CT molecular complexity index is 514. The first-order valence-corrected chi connectivity index (χ1v) is 5.23.